The van der Waals surface area contributed by atoms with Crippen molar-refractivity contribution in [2.45, 2.75) is 51.0 Å². The fourth-order valence-electron chi connectivity index (χ4n) is 2.90. The Hall–Kier alpha value is -0.0500. The lowest BCUT2D eigenvalue weighted by Crippen LogP contribution is -2.40. The van der Waals surface area contributed by atoms with E-state index < -0.39 is 0 Å². The number of carbonyl (C=O) groups excluding carboxylic acids is 1. The van der Waals surface area contributed by atoms with E-state index in [0.29, 0.717) is 23.8 Å². The maximum Gasteiger partial charge on any atom is 0.223 e. The Kier molecular flexibility index (Phi) is 4.06. The quantitative estimate of drug-likeness (QED) is 0.788. The lowest BCUT2D eigenvalue weighted by molar-refractivity contribution is -0.125. The number of alkyl halides is 1. The first kappa shape index (κ1) is 11.4. The van der Waals surface area contributed by atoms with E-state index in [0.717, 1.165) is 18.2 Å². The van der Waals surface area contributed by atoms with Crippen molar-refractivity contribution in [1.82, 2.24) is 5.32 Å². The van der Waals surface area contributed by atoms with Crippen molar-refractivity contribution in [3.8, 4) is 0 Å². The van der Waals surface area contributed by atoms with Gasteiger partial charge in [0.25, 0.3) is 0 Å². The topological polar surface area (TPSA) is 29.1 Å². The Bertz CT molecular complexity index is 226. The van der Waals surface area contributed by atoms with E-state index in [2.05, 4.69) is 21.2 Å². The van der Waals surface area contributed by atoms with Crippen molar-refractivity contribution in [2.75, 3.05) is 5.33 Å². The number of nitrogens with one attached hydrogen (secondary N) is 1. The molecule has 2 aliphatic carbocycles. The largest absolute Gasteiger partial charge is 0.353 e. The van der Waals surface area contributed by atoms with Crippen molar-refractivity contribution >= 4 is 21.8 Å². The summed E-state index contributed by atoms with van der Waals surface area (Å²) in [5.41, 5.74) is 0. The van der Waals surface area contributed by atoms with Gasteiger partial charge in [0.2, 0.25) is 5.91 Å². The van der Waals surface area contributed by atoms with Crippen molar-refractivity contribution in [3.63, 3.8) is 0 Å². The van der Waals surface area contributed by atoms with Gasteiger partial charge in [-0.2, -0.15) is 0 Å². The zero-order valence-corrected chi connectivity index (χ0v) is 10.8. The fourth-order valence-corrected chi connectivity index (χ4v) is 3.68. The molecule has 15 heavy (non-hydrogen) atoms. The minimum Gasteiger partial charge on any atom is -0.353 e. The lowest BCUT2D eigenvalue weighted by Gasteiger charge is -2.21. The van der Waals surface area contributed by atoms with Gasteiger partial charge >= 0.3 is 0 Å². The molecule has 0 aliphatic heterocycles. The van der Waals surface area contributed by atoms with E-state index in [-0.39, 0.29) is 0 Å². The van der Waals surface area contributed by atoms with E-state index in [1.807, 2.05) is 0 Å². The average Bonchev–Trinajstić information content (AvgIpc) is 2.87. The number of halogens is 1. The monoisotopic (exact) mass is 273 g/mol. The van der Waals surface area contributed by atoms with Crippen LogP contribution in [0.15, 0.2) is 0 Å². The van der Waals surface area contributed by atoms with E-state index in [4.69, 9.17) is 0 Å². The van der Waals surface area contributed by atoms with Crippen molar-refractivity contribution in [2.24, 2.45) is 11.8 Å². The van der Waals surface area contributed by atoms with Gasteiger partial charge in [-0.15, -0.1) is 0 Å². The smallest absolute Gasteiger partial charge is 0.223 e. The third-order valence-electron chi connectivity index (χ3n) is 3.91. The maximum atomic E-state index is 11.9. The summed E-state index contributed by atoms with van der Waals surface area (Å²) >= 11 is 3.54. The Morgan fingerprint density at radius 3 is 2.53 bits per heavy atom. The molecule has 0 heterocycles. The predicted octanol–water partition coefficient (Wildman–Crippen LogP) is 2.86. The summed E-state index contributed by atoms with van der Waals surface area (Å²) in [5, 5.41) is 4.28. The molecular weight excluding hydrogens is 254 g/mol. The molecule has 2 nitrogen and oxygen atoms in total. The van der Waals surface area contributed by atoms with E-state index >= 15 is 0 Å². The average molecular weight is 274 g/mol. The van der Waals surface area contributed by atoms with Gasteiger partial charge in [0.05, 0.1) is 0 Å². The van der Waals surface area contributed by atoms with Crippen LogP contribution < -0.4 is 5.32 Å². The van der Waals surface area contributed by atoms with E-state index in [1.54, 1.807) is 0 Å². The molecule has 2 unspecified atom stereocenters. The zero-order chi connectivity index (χ0) is 10.7. The third-order valence-corrected chi connectivity index (χ3v) is 4.74. The van der Waals surface area contributed by atoms with Gasteiger partial charge in [-0.25, -0.2) is 0 Å². The number of carbonyl (C=O) groups is 1. The van der Waals surface area contributed by atoms with E-state index in [9.17, 15) is 4.79 Å². The van der Waals surface area contributed by atoms with Crippen LogP contribution >= 0.6 is 15.9 Å². The van der Waals surface area contributed by atoms with Gasteiger partial charge in [0, 0.05) is 17.3 Å². The molecule has 2 atom stereocenters. The van der Waals surface area contributed by atoms with Crippen LogP contribution in [-0.4, -0.2) is 17.3 Å². The Labute approximate surface area is 100 Å². The summed E-state index contributed by atoms with van der Waals surface area (Å²) in [6, 6.07) is 0.442. The Morgan fingerprint density at radius 2 is 1.87 bits per heavy atom. The van der Waals surface area contributed by atoms with Crippen molar-refractivity contribution in [1.29, 1.82) is 0 Å². The number of hydrogen-bond donors (Lipinski definition) is 1. The molecule has 86 valence electrons. The zero-order valence-electron chi connectivity index (χ0n) is 9.18. The number of hydrogen-bond acceptors (Lipinski definition) is 1. The van der Waals surface area contributed by atoms with Crippen molar-refractivity contribution < 1.29 is 4.79 Å². The van der Waals surface area contributed by atoms with Crippen LogP contribution in [0.25, 0.3) is 0 Å². The summed E-state index contributed by atoms with van der Waals surface area (Å²) in [5.74, 6) is 1.31. The molecule has 0 saturated heterocycles. The molecule has 0 aromatic carbocycles. The first-order valence-electron chi connectivity index (χ1n) is 6.17. The van der Waals surface area contributed by atoms with Crippen LogP contribution in [0.4, 0.5) is 0 Å². The first-order chi connectivity index (χ1) is 7.31. The second-order valence-electron chi connectivity index (χ2n) is 4.94. The second-order valence-corrected chi connectivity index (χ2v) is 5.59. The molecule has 0 spiro atoms. The molecule has 2 fully saturated rings. The molecule has 0 bridgehead atoms. The van der Waals surface area contributed by atoms with Crippen LogP contribution in [0, 0.1) is 11.8 Å². The highest BCUT2D eigenvalue weighted by atomic mass is 79.9. The summed E-state index contributed by atoms with van der Waals surface area (Å²) in [4.78, 5) is 11.9. The van der Waals surface area contributed by atoms with Gasteiger partial charge in [-0.3, -0.25) is 4.79 Å². The molecule has 2 rings (SSSR count). The highest BCUT2D eigenvalue weighted by Gasteiger charge is 2.30. The number of rotatable bonds is 3. The summed E-state index contributed by atoms with van der Waals surface area (Å²) in [6.07, 6.45) is 8.41. The van der Waals surface area contributed by atoms with Crippen LogP contribution in [-0.2, 0) is 4.79 Å². The highest BCUT2D eigenvalue weighted by Crippen LogP contribution is 2.29. The molecular formula is C12H20BrNO. The third kappa shape index (κ3) is 2.74. The molecule has 2 saturated carbocycles. The highest BCUT2D eigenvalue weighted by molar-refractivity contribution is 9.09. The molecule has 0 radical (unpaired) electrons. The summed E-state index contributed by atoms with van der Waals surface area (Å²) in [7, 11) is 0. The minimum absolute atomic E-state index is 0.321. The maximum absolute atomic E-state index is 11.9. The van der Waals surface area contributed by atoms with Crippen LogP contribution in [0.5, 0.6) is 0 Å². The van der Waals surface area contributed by atoms with E-state index in [1.165, 1.54) is 32.1 Å². The molecule has 0 aromatic heterocycles. The molecule has 0 aromatic rings. The predicted molar refractivity (Wildman–Crippen MR) is 65.0 cm³/mol. The van der Waals surface area contributed by atoms with Gasteiger partial charge in [0.1, 0.15) is 0 Å². The van der Waals surface area contributed by atoms with Crippen molar-refractivity contribution in [3.05, 3.63) is 0 Å². The normalized spacial score (nSPS) is 32.1. The van der Waals surface area contributed by atoms with Crippen LogP contribution in [0.1, 0.15) is 44.9 Å². The summed E-state index contributed by atoms with van der Waals surface area (Å²) in [6.45, 7) is 0. The fraction of sp³-hybridized carbons (Fsp3) is 0.917. The molecule has 3 heteroatoms. The van der Waals surface area contributed by atoms with Crippen LogP contribution in [0.2, 0.25) is 0 Å². The minimum atomic E-state index is 0.321. The van der Waals surface area contributed by atoms with Gasteiger partial charge in [-0.1, -0.05) is 35.2 Å². The SMILES string of the molecule is O=C(NC1CCCC1CBr)C1CCCC1. The number of amides is 1. The standard InChI is InChI=1S/C12H20BrNO/c13-8-10-6-3-7-11(10)14-12(15)9-4-1-2-5-9/h9-11H,1-8H2,(H,14,15). The molecule has 1 amide bonds. The van der Waals surface area contributed by atoms with Gasteiger partial charge in [-0.05, 0) is 31.6 Å². The Morgan fingerprint density at radius 1 is 1.13 bits per heavy atom. The lowest BCUT2D eigenvalue weighted by atomic mass is 10.0. The van der Waals surface area contributed by atoms with Crippen LogP contribution in [0.3, 0.4) is 0 Å². The molecule has 1 N–H and O–H groups in total. The van der Waals surface area contributed by atoms with Gasteiger partial charge in [0.15, 0.2) is 0 Å². The second kappa shape index (κ2) is 5.33. The molecule has 2 aliphatic rings. The summed E-state index contributed by atoms with van der Waals surface area (Å²) < 4.78 is 0. The van der Waals surface area contributed by atoms with Gasteiger partial charge < -0.3 is 5.32 Å². The Balaban J connectivity index is 1.82. The first-order valence-corrected chi connectivity index (χ1v) is 7.29.